The summed E-state index contributed by atoms with van der Waals surface area (Å²) in [5, 5.41) is 6.01. The van der Waals surface area contributed by atoms with Gasteiger partial charge in [0.15, 0.2) is 5.13 Å². The highest BCUT2D eigenvalue weighted by atomic mass is 32.1. The SMILES string of the molecule is C[C@@H](NC(=O)N1CCN(c2nccs2)CC1)c1ccccn1. The molecule has 2 aromatic rings. The zero-order valence-electron chi connectivity index (χ0n) is 12.5. The van der Waals surface area contributed by atoms with Crippen molar-refractivity contribution in [1.29, 1.82) is 0 Å². The van der Waals surface area contributed by atoms with E-state index >= 15 is 0 Å². The second kappa shape index (κ2) is 6.74. The number of nitrogens with one attached hydrogen (secondary N) is 1. The van der Waals surface area contributed by atoms with E-state index in [9.17, 15) is 4.79 Å². The molecule has 2 amide bonds. The highest BCUT2D eigenvalue weighted by Crippen LogP contribution is 2.19. The number of rotatable bonds is 3. The van der Waals surface area contributed by atoms with E-state index in [2.05, 4.69) is 20.2 Å². The molecular formula is C15H19N5OS. The number of pyridine rings is 1. The summed E-state index contributed by atoms with van der Waals surface area (Å²) in [7, 11) is 0. The Kier molecular flexibility index (Phi) is 4.53. The summed E-state index contributed by atoms with van der Waals surface area (Å²) in [6.07, 6.45) is 3.55. The van der Waals surface area contributed by atoms with Gasteiger partial charge in [-0.1, -0.05) is 6.07 Å². The first kappa shape index (κ1) is 14.8. The van der Waals surface area contributed by atoms with Crippen molar-refractivity contribution in [3.63, 3.8) is 0 Å². The molecule has 6 nitrogen and oxygen atoms in total. The van der Waals surface area contributed by atoms with Gasteiger partial charge in [-0.05, 0) is 19.1 Å². The van der Waals surface area contributed by atoms with E-state index in [0.717, 1.165) is 23.9 Å². The second-order valence-corrected chi connectivity index (χ2v) is 6.09. The Hall–Kier alpha value is -2.15. The number of thiazole rings is 1. The maximum Gasteiger partial charge on any atom is 0.318 e. The van der Waals surface area contributed by atoms with Gasteiger partial charge in [-0.25, -0.2) is 9.78 Å². The summed E-state index contributed by atoms with van der Waals surface area (Å²) >= 11 is 1.63. The van der Waals surface area contributed by atoms with E-state index in [0.29, 0.717) is 13.1 Å². The lowest BCUT2D eigenvalue weighted by Gasteiger charge is -2.35. The van der Waals surface area contributed by atoms with Crippen LogP contribution < -0.4 is 10.2 Å². The standard InChI is InChI=1S/C15H19N5OS/c1-12(13-4-2-3-5-16-13)18-14(21)19-7-9-20(10-8-19)15-17-6-11-22-15/h2-6,11-12H,7-10H2,1H3,(H,18,21)/t12-/m1/s1. The van der Waals surface area contributed by atoms with Crippen molar-refractivity contribution in [3.05, 3.63) is 41.7 Å². The van der Waals surface area contributed by atoms with Crippen LogP contribution in [0.4, 0.5) is 9.93 Å². The lowest BCUT2D eigenvalue weighted by atomic mass is 10.2. The molecule has 1 N–H and O–H groups in total. The fourth-order valence-corrected chi connectivity index (χ4v) is 3.15. The highest BCUT2D eigenvalue weighted by molar-refractivity contribution is 7.13. The molecule has 3 heterocycles. The summed E-state index contributed by atoms with van der Waals surface area (Å²) in [5.41, 5.74) is 0.872. The van der Waals surface area contributed by atoms with Gasteiger partial charge in [-0.2, -0.15) is 0 Å². The third kappa shape index (κ3) is 3.36. The Morgan fingerprint density at radius 3 is 2.68 bits per heavy atom. The van der Waals surface area contributed by atoms with Crippen LogP contribution in [0.1, 0.15) is 18.7 Å². The van der Waals surface area contributed by atoms with E-state index in [1.54, 1.807) is 17.5 Å². The number of carbonyl (C=O) groups is 1. The number of aromatic nitrogens is 2. The second-order valence-electron chi connectivity index (χ2n) is 5.21. The van der Waals surface area contributed by atoms with Crippen molar-refractivity contribution in [1.82, 2.24) is 20.2 Å². The predicted octanol–water partition coefficient (Wildman–Crippen LogP) is 2.13. The summed E-state index contributed by atoms with van der Waals surface area (Å²) < 4.78 is 0. The van der Waals surface area contributed by atoms with Crippen molar-refractivity contribution in [3.8, 4) is 0 Å². The number of piperazine rings is 1. The molecule has 1 atom stereocenters. The minimum atomic E-state index is -0.0920. The van der Waals surface area contributed by atoms with Crippen molar-refractivity contribution in [2.24, 2.45) is 0 Å². The van der Waals surface area contributed by atoms with Gasteiger partial charge in [-0.3, -0.25) is 4.98 Å². The van der Waals surface area contributed by atoms with Crippen LogP contribution in [-0.2, 0) is 0 Å². The Labute approximate surface area is 133 Å². The largest absolute Gasteiger partial charge is 0.345 e. The van der Waals surface area contributed by atoms with Gasteiger partial charge < -0.3 is 15.1 Å². The van der Waals surface area contributed by atoms with Gasteiger partial charge in [-0.15, -0.1) is 11.3 Å². The Bertz CT molecular complexity index is 596. The Morgan fingerprint density at radius 1 is 1.23 bits per heavy atom. The predicted molar refractivity (Wildman–Crippen MR) is 87.1 cm³/mol. The molecule has 1 aliphatic rings. The molecule has 0 saturated carbocycles. The fraction of sp³-hybridized carbons (Fsp3) is 0.400. The molecule has 1 saturated heterocycles. The summed E-state index contributed by atoms with van der Waals surface area (Å²) in [6, 6.07) is 5.60. The van der Waals surface area contributed by atoms with Crippen molar-refractivity contribution in [2.75, 3.05) is 31.1 Å². The molecule has 0 unspecified atom stereocenters. The molecule has 2 aromatic heterocycles. The number of nitrogens with zero attached hydrogens (tertiary/aromatic N) is 4. The Morgan fingerprint density at radius 2 is 2.05 bits per heavy atom. The monoisotopic (exact) mass is 317 g/mol. The first-order valence-corrected chi connectivity index (χ1v) is 8.23. The number of carbonyl (C=O) groups excluding carboxylic acids is 1. The summed E-state index contributed by atoms with van der Waals surface area (Å²) in [6.45, 7) is 5.00. The molecule has 1 fully saturated rings. The van der Waals surface area contributed by atoms with Crippen LogP contribution in [0.2, 0.25) is 0 Å². The average molecular weight is 317 g/mol. The van der Waals surface area contributed by atoms with Gasteiger partial charge in [0.1, 0.15) is 0 Å². The number of anilines is 1. The molecule has 7 heteroatoms. The quantitative estimate of drug-likeness (QED) is 0.942. The van der Waals surface area contributed by atoms with Gasteiger partial charge >= 0.3 is 6.03 Å². The van der Waals surface area contributed by atoms with E-state index < -0.39 is 0 Å². The van der Waals surface area contributed by atoms with Crippen LogP contribution in [-0.4, -0.2) is 47.1 Å². The van der Waals surface area contributed by atoms with Crippen LogP contribution in [0.15, 0.2) is 36.0 Å². The van der Waals surface area contributed by atoms with Crippen LogP contribution in [0.3, 0.4) is 0 Å². The van der Waals surface area contributed by atoms with Gasteiger partial charge in [0.2, 0.25) is 0 Å². The van der Waals surface area contributed by atoms with Crippen LogP contribution >= 0.6 is 11.3 Å². The molecular weight excluding hydrogens is 298 g/mol. The molecule has 0 spiro atoms. The maximum atomic E-state index is 12.3. The van der Waals surface area contributed by atoms with Crippen LogP contribution in [0.5, 0.6) is 0 Å². The summed E-state index contributed by atoms with van der Waals surface area (Å²) in [5.74, 6) is 0. The molecule has 0 bridgehead atoms. The first-order valence-electron chi connectivity index (χ1n) is 7.35. The topological polar surface area (TPSA) is 61.4 Å². The molecule has 3 rings (SSSR count). The minimum absolute atomic E-state index is 0.0306. The van der Waals surface area contributed by atoms with Crippen molar-refractivity contribution in [2.45, 2.75) is 13.0 Å². The van der Waals surface area contributed by atoms with Crippen LogP contribution in [0, 0.1) is 0 Å². The first-order chi connectivity index (χ1) is 10.7. The number of hydrogen-bond acceptors (Lipinski definition) is 5. The Balaban J connectivity index is 1.52. The average Bonchev–Trinajstić information content (AvgIpc) is 3.10. The smallest absolute Gasteiger partial charge is 0.318 e. The van der Waals surface area contributed by atoms with E-state index in [1.807, 2.05) is 41.6 Å². The molecule has 116 valence electrons. The van der Waals surface area contributed by atoms with Gasteiger partial charge in [0.25, 0.3) is 0 Å². The van der Waals surface area contributed by atoms with Crippen molar-refractivity contribution >= 4 is 22.5 Å². The third-order valence-corrected chi connectivity index (χ3v) is 4.56. The van der Waals surface area contributed by atoms with Gasteiger partial charge in [0, 0.05) is 44.0 Å². The third-order valence-electron chi connectivity index (χ3n) is 3.73. The fourth-order valence-electron chi connectivity index (χ4n) is 2.46. The molecule has 1 aliphatic heterocycles. The number of hydrogen-bond donors (Lipinski definition) is 1. The zero-order valence-corrected chi connectivity index (χ0v) is 13.3. The van der Waals surface area contributed by atoms with E-state index in [-0.39, 0.29) is 12.1 Å². The van der Waals surface area contributed by atoms with E-state index in [1.165, 1.54) is 0 Å². The number of amides is 2. The lowest BCUT2D eigenvalue weighted by molar-refractivity contribution is 0.191. The zero-order chi connectivity index (χ0) is 15.4. The summed E-state index contributed by atoms with van der Waals surface area (Å²) in [4.78, 5) is 25.0. The minimum Gasteiger partial charge on any atom is -0.345 e. The van der Waals surface area contributed by atoms with Crippen LogP contribution in [0.25, 0.3) is 0 Å². The van der Waals surface area contributed by atoms with Crippen molar-refractivity contribution < 1.29 is 4.79 Å². The normalized spacial score (nSPS) is 16.4. The highest BCUT2D eigenvalue weighted by Gasteiger charge is 2.23. The molecule has 0 aliphatic carbocycles. The van der Waals surface area contributed by atoms with Gasteiger partial charge in [0.05, 0.1) is 11.7 Å². The molecule has 0 radical (unpaired) electrons. The molecule has 0 aromatic carbocycles. The lowest BCUT2D eigenvalue weighted by Crippen LogP contribution is -2.52. The van der Waals surface area contributed by atoms with E-state index in [4.69, 9.17) is 0 Å². The molecule has 22 heavy (non-hydrogen) atoms. The number of urea groups is 1. The maximum absolute atomic E-state index is 12.3.